The van der Waals surface area contributed by atoms with Crippen molar-refractivity contribution in [1.82, 2.24) is 10.2 Å². The van der Waals surface area contributed by atoms with Crippen molar-refractivity contribution in [1.29, 1.82) is 0 Å². The molecule has 0 spiro atoms. The van der Waals surface area contributed by atoms with Gasteiger partial charge in [-0.25, -0.2) is 0 Å². The van der Waals surface area contributed by atoms with Crippen LogP contribution >= 0.6 is 0 Å². The summed E-state index contributed by atoms with van der Waals surface area (Å²) >= 11 is 0. The molecule has 1 aromatic carbocycles. The standard InChI is InChI=1S/C11H10N2O2/c14-10-4-2-8(7-11(10)15)1-3-9-5-6-12-13-9/h1-7,14-15H,(H,12,13)/b3-1+. The van der Waals surface area contributed by atoms with Gasteiger partial charge in [0.1, 0.15) is 0 Å². The first-order valence-electron chi connectivity index (χ1n) is 4.45. The Balaban J connectivity index is 2.21. The molecule has 15 heavy (non-hydrogen) atoms. The van der Waals surface area contributed by atoms with Crippen LogP contribution in [0.5, 0.6) is 11.5 Å². The quantitative estimate of drug-likeness (QED) is 0.652. The van der Waals surface area contributed by atoms with Gasteiger partial charge < -0.3 is 10.2 Å². The van der Waals surface area contributed by atoms with Crippen LogP contribution in [0.1, 0.15) is 11.3 Å². The summed E-state index contributed by atoms with van der Waals surface area (Å²) in [7, 11) is 0. The number of nitrogens with zero attached hydrogens (tertiary/aromatic N) is 1. The lowest BCUT2D eigenvalue weighted by atomic mass is 10.2. The SMILES string of the molecule is Oc1ccc(/C=C/c2cc[nH]n2)cc1O. The predicted octanol–water partition coefficient (Wildman–Crippen LogP) is 1.99. The normalized spacial score (nSPS) is 10.9. The molecule has 0 aliphatic carbocycles. The van der Waals surface area contributed by atoms with Crippen molar-refractivity contribution < 1.29 is 10.2 Å². The van der Waals surface area contributed by atoms with Gasteiger partial charge in [-0.2, -0.15) is 5.10 Å². The lowest BCUT2D eigenvalue weighted by Crippen LogP contribution is -1.74. The van der Waals surface area contributed by atoms with Crippen LogP contribution in [-0.2, 0) is 0 Å². The zero-order valence-corrected chi connectivity index (χ0v) is 7.88. The summed E-state index contributed by atoms with van der Waals surface area (Å²) < 4.78 is 0. The molecule has 1 heterocycles. The van der Waals surface area contributed by atoms with Crippen LogP contribution in [0.15, 0.2) is 30.5 Å². The number of aromatic nitrogens is 2. The number of nitrogens with one attached hydrogen (secondary N) is 1. The number of aromatic hydroxyl groups is 2. The third-order valence-electron chi connectivity index (χ3n) is 1.97. The molecule has 76 valence electrons. The molecule has 0 atom stereocenters. The molecule has 0 fully saturated rings. The molecule has 0 saturated heterocycles. The Labute approximate surface area is 86.5 Å². The van der Waals surface area contributed by atoms with Crippen LogP contribution in [0.2, 0.25) is 0 Å². The summed E-state index contributed by atoms with van der Waals surface area (Å²) in [6.45, 7) is 0. The Bertz CT molecular complexity index is 475. The first kappa shape index (κ1) is 9.33. The van der Waals surface area contributed by atoms with Crippen LogP contribution in [0.3, 0.4) is 0 Å². The number of H-pyrrole nitrogens is 1. The zero-order valence-electron chi connectivity index (χ0n) is 7.88. The van der Waals surface area contributed by atoms with Crippen molar-refractivity contribution in [2.45, 2.75) is 0 Å². The van der Waals surface area contributed by atoms with Gasteiger partial charge in [0.05, 0.1) is 5.69 Å². The van der Waals surface area contributed by atoms with Crippen LogP contribution in [-0.4, -0.2) is 20.4 Å². The van der Waals surface area contributed by atoms with E-state index < -0.39 is 0 Å². The lowest BCUT2D eigenvalue weighted by Gasteiger charge is -1.97. The molecular formula is C11H10N2O2. The maximum absolute atomic E-state index is 9.25. The minimum absolute atomic E-state index is 0.119. The molecule has 3 N–H and O–H groups in total. The Hall–Kier alpha value is -2.23. The van der Waals surface area contributed by atoms with E-state index in [4.69, 9.17) is 5.11 Å². The molecule has 0 amide bonds. The van der Waals surface area contributed by atoms with Crippen molar-refractivity contribution >= 4 is 12.2 Å². The van der Waals surface area contributed by atoms with E-state index in [1.54, 1.807) is 18.3 Å². The van der Waals surface area contributed by atoms with E-state index in [0.717, 1.165) is 11.3 Å². The fraction of sp³-hybridized carbons (Fsp3) is 0. The number of benzene rings is 1. The molecule has 0 aliphatic heterocycles. The molecule has 0 saturated carbocycles. The smallest absolute Gasteiger partial charge is 0.157 e. The molecule has 0 aliphatic rings. The largest absolute Gasteiger partial charge is 0.504 e. The fourth-order valence-corrected chi connectivity index (χ4v) is 1.19. The number of phenols is 2. The zero-order chi connectivity index (χ0) is 10.7. The summed E-state index contributed by atoms with van der Waals surface area (Å²) in [5.74, 6) is -0.244. The summed E-state index contributed by atoms with van der Waals surface area (Å²) in [6, 6.07) is 6.47. The van der Waals surface area contributed by atoms with E-state index in [1.807, 2.05) is 12.1 Å². The summed E-state index contributed by atoms with van der Waals surface area (Å²) in [5, 5.41) is 25.0. The van der Waals surface area contributed by atoms with Gasteiger partial charge in [-0.05, 0) is 29.8 Å². The second-order valence-corrected chi connectivity index (χ2v) is 3.08. The van der Waals surface area contributed by atoms with Gasteiger partial charge >= 0.3 is 0 Å². The molecule has 4 heteroatoms. The fourth-order valence-electron chi connectivity index (χ4n) is 1.19. The number of hydrogen-bond donors (Lipinski definition) is 3. The number of hydrogen-bond acceptors (Lipinski definition) is 3. The second-order valence-electron chi connectivity index (χ2n) is 3.08. The molecule has 4 nitrogen and oxygen atoms in total. The molecular weight excluding hydrogens is 192 g/mol. The van der Waals surface area contributed by atoms with Gasteiger partial charge in [-0.15, -0.1) is 0 Å². The summed E-state index contributed by atoms with van der Waals surface area (Å²) in [5.41, 5.74) is 1.61. The topological polar surface area (TPSA) is 69.1 Å². The molecule has 1 aromatic heterocycles. The van der Waals surface area contributed by atoms with E-state index in [1.165, 1.54) is 12.1 Å². The Morgan fingerprint density at radius 2 is 1.93 bits per heavy atom. The van der Waals surface area contributed by atoms with Crippen molar-refractivity contribution in [3.8, 4) is 11.5 Å². The number of aromatic amines is 1. The molecule has 0 bridgehead atoms. The predicted molar refractivity (Wildman–Crippen MR) is 57.3 cm³/mol. The highest BCUT2D eigenvalue weighted by molar-refractivity contribution is 5.69. The Kier molecular flexibility index (Phi) is 2.41. The van der Waals surface area contributed by atoms with Crippen LogP contribution < -0.4 is 0 Å². The molecule has 2 rings (SSSR count). The van der Waals surface area contributed by atoms with Crippen LogP contribution in [0.4, 0.5) is 0 Å². The highest BCUT2D eigenvalue weighted by Crippen LogP contribution is 2.25. The summed E-state index contributed by atoms with van der Waals surface area (Å²) in [6.07, 6.45) is 5.34. The van der Waals surface area contributed by atoms with Gasteiger partial charge in [-0.3, -0.25) is 5.10 Å². The highest BCUT2D eigenvalue weighted by Gasteiger charge is 1.97. The molecule has 0 radical (unpaired) electrons. The van der Waals surface area contributed by atoms with Crippen molar-refractivity contribution in [3.63, 3.8) is 0 Å². The van der Waals surface area contributed by atoms with Gasteiger partial charge in [0, 0.05) is 6.20 Å². The third kappa shape index (κ3) is 2.17. The van der Waals surface area contributed by atoms with E-state index in [-0.39, 0.29) is 11.5 Å². The Morgan fingerprint density at radius 1 is 1.07 bits per heavy atom. The van der Waals surface area contributed by atoms with E-state index in [9.17, 15) is 5.11 Å². The van der Waals surface area contributed by atoms with Crippen molar-refractivity contribution in [2.24, 2.45) is 0 Å². The first-order chi connectivity index (χ1) is 7.25. The monoisotopic (exact) mass is 202 g/mol. The van der Waals surface area contributed by atoms with E-state index in [0.29, 0.717) is 0 Å². The Morgan fingerprint density at radius 3 is 2.60 bits per heavy atom. The molecule has 0 unspecified atom stereocenters. The lowest BCUT2D eigenvalue weighted by molar-refractivity contribution is 0.403. The van der Waals surface area contributed by atoms with Crippen molar-refractivity contribution in [2.75, 3.05) is 0 Å². The van der Waals surface area contributed by atoms with E-state index >= 15 is 0 Å². The highest BCUT2D eigenvalue weighted by atomic mass is 16.3. The van der Waals surface area contributed by atoms with Crippen LogP contribution in [0.25, 0.3) is 12.2 Å². The van der Waals surface area contributed by atoms with Gasteiger partial charge in [0.2, 0.25) is 0 Å². The summed E-state index contributed by atoms with van der Waals surface area (Å²) in [4.78, 5) is 0. The van der Waals surface area contributed by atoms with Gasteiger partial charge in [-0.1, -0.05) is 12.1 Å². The minimum atomic E-state index is -0.126. The average molecular weight is 202 g/mol. The number of phenolic OH excluding ortho intramolecular Hbond substituents is 2. The second kappa shape index (κ2) is 3.88. The van der Waals surface area contributed by atoms with Gasteiger partial charge in [0.25, 0.3) is 0 Å². The molecule has 2 aromatic rings. The van der Waals surface area contributed by atoms with Crippen molar-refractivity contribution in [3.05, 3.63) is 41.7 Å². The average Bonchev–Trinajstić information content (AvgIpc) is 2.73. The maximum atomic E-state index is 9.25. The van der Waals surface area contributed by atoms with Crippen LogP contribution in [0, 0.1) is 0 Å². The first-order valence-corrected chi connectivity index (χ1v) is 4.45. The third-order valence-corrected chi connectivity index (χ3v) is 1.97. The number of rotatable bonds is 2. The van der Waals surface area contributed by atoms with Gasteiger partial charge in [0.15, 0.2) is 11.5 Å². The van der Waals surface area contributed by atoms with E-state index in [2.05, 4.69) is 10.2 Å². The minimum Gasteiger partial charge on any atom is -0.504 e. The maximum Gasteiger partial charge on any atom is 0.157 e.